The van der Waals surface area contributed by atoms with Crippen molar-refractivity contribution in [2.24, 2.45) is 0 Å². The highest BCUT2D eigenvalue weighted by atomic mass is 16.4. The van der Waals surface area contributed by atoms with E-state index < -0.39 is 104 Å². The van der Waals surface area contributed by atoms with E-state index in [4.69, 9.17) is 0 Å². The third-order valence-corrected chi connectivity index (χ3v) is 20.1. The second-order valence-corrected chi connectivity index (χ2v) is 36.6. The molecular formula is C72H114N6O12. The molecule has 6 aliphatic rings. The van der Waals surface area contributed by atoms with Crippen molar-refractivity contribution in [2.75, 3.05) is 0 Å². The van der Waals surface area contributed by atoms with Gasteiger partial charge >= 0.3 is 35.8 Å². The zero-order valence-corrected chi connectivity index (χ0v) is 59.1. The fraction of sp³-hybridized carbons (Fsp3) is 0.750. The molecule has 0 spiro atoms. The number of hydrogen-bond acceptors (Lipinski definition) is 12. The van der Waals surface area contributed by atoms with E-state index in [2.05, 4.69) is 170 Å². The van der Waals surface area contributed by atoms with Gasteiger partial charge in [-0.05, 0) is 312 Å². The lowest BCUT2D eigenvalue weighted by molar-refractivity contribution is 0.0638. The molecule has 6 aliphatic heterocycles. The molecule has 8 rings (SSSR count). The van der Waals surface area contributed by atoms with Crippen LogP contribution in [-0.4, -0.2) is 133 Å². The van der Waals surface area contributed by atoms with E-state index in [0.717, 1.165) is 0 Å². The topological polar surface area (TPSA) is 296 Å². The Hall–Kier alpha value is -4.98. The maximum atomic E-state index is 13.7. The summed E-state index contributed by atoms with van der Waals surface area (Å²) in [7, 11) is 0. The Balaban J connectivity index is 0.000000256. The van der Waals surface area contributed by atoms with E-state index in [-0.39, 0.29) is 72.9 Å². The Morgan fingerprint density at radius 2 is 0.311 bits per heavy atom. The molecule has 6 fully saturated rings. The summed E-state index contributed by atoms with van der Waals surface area (Å²) in [6, 6.07) is 0. The van der Waals surface area contributed by atoms with Gasteiger partial charge in [0.05, 0.1) is 33.4 Å². The van der Waals surface area contributed by atoms with Gasteiger partial charge in [-0.25, -0.2) is 28.8 Å². The highest BCUT2D eigenvalue weighted by Gasteiger charge is 2.53. The number of hydrogen-bond donors (Lipinski definition) is 12. The minimum Gasteiger partial charge on any atom is -0.478 e. The van der Waals surface area contributed by atoms with Crippen LogP contribution in [-0.2, 0) is 0 Å². The minimum absolute atomic E-state index is 0.0125. The van der Waals surface area contributed by atoms with Crippen LogP contribution in [0.4, 0.5) is 0 Å². The Bertz CT molecular complexity index is 2950. The molecule has 6 heterocycles. The molecule has 0 aliphatic carbocycles. The van der Waals surface area contributed by atoms with Crippen LogP contribution < -0.4 is 31.9 Å². The summed E-state index contributed by atoms with van der Waals surface area (Å²) < 4.78 is 0. The number of rotatable bonds is 12. The normalized spacial score (nSPS) is 25.9. The van der Waals surface area contributed by atoms with Crippen molar-refractivity contribution in [1.82, 2.24) is 31.9 Å². The van der Waals surface area contributed by atoms with Crippen LogP contribution in [0.5, 0.6) is 0 Å². The predicted octanol–water partition coefficient (Wildman–Crippen LogP) is 13.7. The molecule has 12 N–H and O–H groups in total. The lowest BCUT2D eigenvalue weighted by Crippen LogP contribution is -2.58. The molecule has 6 saturated heterocycles. The summed E-state index contributed by atoms with van der Waals surface area (Å²) in [4.78, 5) is 81.4. The van der Waals surface area contributed by atoms with Gasteiger partial charge in [0.2, 0.25) is 0 Å². The standard InChI is InChI=1S/2C36H57N3O6/c1-31(2)13-19(14-32(3,4)37-31)22-25(28(40)41)23(20-15-33(5,6)38-34(7,8)16-20)27(30(44)45)24(26(22)29(42)43)21-17-35(9,10)39-36(11,12)18-21;1-31(2)13-19(14-32(3,4)37-31)22-23(20-15-33(5,6)38-34(7,8)16-20)26(29(42)43)27(30(44)45)24(25(22)28(40)41)21-17-35(9,10)39-36(11,12)18-21/h2*19-21,37-39H,13-18H2,1-12H3,(H,40,41)(H,42,43)(H,44,45). The summed E-state index contributed by atoms with van der Waals surface area (Å²) in [5, 5.41) is 88.3. The maximum absolute atomic E-state index is 13.7. The van der Waals surface area contributed by atoms with Gasteiger partial charge in [0.1, 0.15) is 0 Å². The molecule has 0 bridgehead atoms. The van der Waals surface area contributed by atoms with E-state index in [1.165, 1.54) is 0 Å². The van der Waals surface area contributed by atoms with E-state index in [9.17, 15) is 59.4 Å². The average Bonchev–Trinajstić information content (AvgIpc) is 0.721. The molecule has 2 aromatic carbocycles. The first kappa shape index (κ1) is 72.4. The number of piperidine rings is 6. The second kappa shape index (κ2) is 23.5. The molecule has 0 atom stereocenters. The van der Waals surface area contributed by atoms with Crippen molar-refractivity contribution in [3.05, 3.63) is 66.8 Å². The molecule has 18 nitrogen and oxygen atoms in total. The van der Waals surface area contributed by atoms with E-state index >= 15 is 0 Å². The Kier molecular flexibility index (Phi) is 18.9. The molecule has 0 aromatic heterocycles. The summed E-state index contributed by atoms with van der Waals surface area (Å²) in [6.07, 6.45) is 6.37. The van der Waals surface area contributed by atoms with Gasteiger partial charge in [0, 0.05) is 66.5 Å². The third kappa shape index (κ3) is 16.0. The van der Waals surface area contributed by atoms with Crippen LogP contribution >= 0.6 is 0 Å². The molecule has 0 saturated carbocycles. The van der Waals surface area contributed by atoms with E-state index in [1.54, 1.807) is 0 Å². The molecular weight excluding hydrogens is 1140 g/mol. The molecule has 2 aromatic rings. The zero-order valence-electron chi connectivity index (χ0n) is 59.1. The van der Waals surface area contributed by atoms with Gasteiger partial charge in [-0.3, -0.25) is 0 Å². The summed E-state index contributed by atoms with van der Waals surface area (Å²) in [5.74, 6) is -9.98. The first-order valence-electron chi connectivity index (χ1n) is 32.9. The van der Waals surface area contributed by atoms with Crippen LogP contribution in [0.1, 0.15) is 374 Å². The Labute approximate surface area is 536 Å². The van der Waals surface area contributed by atoms with Crippen LogP contribution in [0.2, 0.25) is 0 Å². The largest absolute Gasteiger partial charge is 0.478 e. The number of carboxylic acid groups (broad SMARTS) is 6. The molecule has 504 valence electrons. The maximum Gasteiger partial charge on any atom is 0.336 e. The number of benzene rings is 2. The van der Waals surface area contributed by atoms with Crippen LogP contribution in [0.25, 0.3) is 0 Å². The number of carboxylic acids is 6. The third-order valence-electron chi connectivity index (χ3n) is 20.1. The van der Waals surface area contributed by atoms with Crippen molar-refractivity contribution < 1.29 is 59.4 Å². The van der Waals surface area contributed by atoms with Crippen LogP contribution in [0, 0.1) is 0 Å². The fourth-order valence-corrected chi connectivity index (χ4v) is 20.6. The highest BCUT2D eigenvalue weighted by molar-refractivity contribution is 6.09. The summed E-state index contributed by atoms with van der Waals surface area (Å²) >= 11 is 0. The van der Waals surface area contributed by atoms with Crippen LogP contribution in [0.15, 0.2) is 0 Å². The van der Waals surface area contributed by atoms with Crippen molar-refractivity contribution in [1.29, 1.82) is 0 Å². The second-order valence-electron chi connectivity index (χ2n) is 36.6. The summed E-state index contributed by atoms with van der Waals surface area (Å²) in [6.45, 7) is 49.5. The van der Waals surface area contributed by atoms with Gasteiger partial charge in [-0.15, -0.1) is 0 Å². The van der Waals surface area contributed by atoms with Gasteiger partial charge in [-0.1, -0.05) is 0 Å². The van der Waals surface area contributed by atoms with Crippen LogP contribution in [0.3, 0.4) is 0 Å². The van der Waals surface area contributed by atoms with Gasteiger partial charge in [0.15, 0.2) is 0 Å². The highest BCUT2D eigenvalue weighted by Crippen LogP contribution is 2.55. The van der Waals surface area contributed by atoms with Gasteiger partial charge < -0.3 is 62.5 Å². The quantitative estimate of drug-likeness (QED) is 0.0940. The van der Waals surface area contributed by atoms with Crippen molar-refractivity contribution >= 4 is 35.8 Å². The molecule has 0 radical (unpaired) electrons. The fourth-order valence-electron chi connectivity index (χ4n) is 20.6. The first-order valence-corrected chi connectivity index (χ1v) is 32.9. The molecule has 0 unspecified atom stereocenters. The zero-order chi connectivity index (χ0) is 68.6. The van der Waals surface area contributed by atoms with Gasteiger partial charge in [-0.2, -0.15) is 0 Å². The Morgan fingerprint density at radius 3 is 0.456 bits per heavy atom. The number of carbonyl (C=O) groups is 6. The average molecular weight is 1260 g/mol. The molecule has 90 heavy (non-hydrogen) atoms. The van der Waals surface area contributed by atoms with Crippen molar-refractivity contribution in [2.45, 2.75) is 345 Å². The van der Waals surface area contributed by atoms with E-state index in [0.29, 0.717) is 105 Å². The number of aromatic carboxylic acids is 6. The molecule has 0 amide bonds. The van der Waals surface area contributed by atoms with Gasteiger partial charge in [0.25, 0.3) is 0 Å². The predicted molar refractivity (Wildman–Crippen MR) is 354 cm³/mol. The Morgan fingerprint density at radius 1 is 0.211 bits per heavy atom. The van der Waals surface area contributed by atoms with Crippen molar-refractivity contribution in [3.63, 3.8) is 0 Å². The molecule has 18 heteroatoms. The van der Waals surface area contributed by atoms with E-state index in [1.807, 2.05) is 27.7 Å². The smallest absolute Gasteiger partial charge is 0.336 e. The minimum atomic E-state index is -1.38. The van der Waals surface area contributed by atoms with Crippen molar-refractivity contribution in [3.8, 4) is 0 Å². The first-order chi connectivity index (χ1) is 40.3. The summed E-state index contributed by atoms with van der Waals surface area (Å²) in [5.41, 5.74) is -3.63. The SMILES string of the molecule is CC1(C)CC(c2c(C(=O)O)c(C(=O)O)c(C3CC(C)(C)NC(C)(C)C3)c(C3CC(C)(C)NC(C)(C)C3)c2C(=O)O)CC(C)(C)N1.CC1(C)CC(c2c(C(=O)O)c(C3CC(C)(C)NC(C)(C)C3)c(C(=O)O)c(C3CC(C)(C)NC(C)(C)C3)c2C(=O)O)CC(C)(C)N1. The number of nitrogens with one attached hydrogen (secondary N) is 6. The lowest BCUT2D eigenvalue weighted by atomic mass is 9.63. The monoisotopic (exact) mass is 1250 g/mol. The lowest BCUT2D eigenvalue weighted by Gasteiger charge is -2.51.